The molecule has 0 atom stereocenters. The Hall–Kier alpha value is -0.530. The van der Waals surface area contributed by atoms with Gasteiger partial charge in [0.15, 0.2) is 0 Å². The van der Waals surface area contributed by atoms with Crippen LogP contribution in [0.3, 0.4) is 0 Å². The van der Waals surface area contributed by atoms with E-state index in [4.69, 9.17) is 11.6 Å². The first-order chi connectivity index (χ1) is 12.1. The van der Waals surface area contributed by atoms with Crippen LogP contribution in [0.5, 0.6) is 0 Å². The fourth-order valence-corrected chi connectivity index (χ4v) is 4.85. The van der Waals surface area contributed by atoms with Gasteiger partial charge < -0.3 is 4.90 Å². The Bertz CT molecular complexity index is 453. The number of nitrogens with zero attached hydrogens (tertiary/aromatic N) is 1. The fraction of sp³-hybridized carbons (Fsp3) is 0.739. The standard InChI is InChI=1S/C23H38ClN/c1-4-25(22-15-9-6-10-16-22)17-11-12-19(2)18-23(24)20(3)21-13-7-5-8-14-21/h18,21-22H,2-17H2,1H3/b23-18+. The van der Waals surface area contributed by atoms with E-state index in [0.717, 1.165) is 28.6 Å². The molecule has 0 saturated heterocycles. The minimum Gasteiger partial charge on any atom is -0.301 e. The van der Waals surface area contributed by atoms with Crippen LogP contribution in [-0.2, 0) is 0 Å². The van der Waals surface area contributed by atoms with Gasteiger partial charge in [-0.2, -0.15) is 0 Å². The molecule has 2 rings (SSSR count). The molecule has 2 heteroatoms. The molecule has 0 aromatic carbocycles. The number of allylic oxidation sites excluding steroid dienone is 4. The number of hydrogen-bond donors (Lipinski definition) is 0. The monoisotopic (exact) mass is 363 g/mol. The molecule has 25 heavy (non-hydrogen) atoms. The Morgan fingerprint density at radius 3 is 2.20 bits per heavy atom. The largest absolute Gasteiger partial charge is 0.301 e. The summed E-state index contributed by atoms with van der Waals surface area (Å²) in [6, 6.07) is 0.817. The Kier molecular flexibility index (Phi) is 9.34. The molecule has 0 aromatic heterocycles. The molecular weight excluding hydrogens is 326 g/mol. The van der Waals surface area contributed by atoms with E-state index in [1.807, 2.05) is 0 Å². The fourth-order valence-electron chi connectivity index (χ4n) is 4.54. The summed E-state index contributed by atoms with van der Waals surface area (Å²) in [6.45, 7) is 13.2. The Morgan fingerprint density at radius 1 is 1.00 bits per heavy atom. The predicted molar refractivity (Wildman–Crippen MR) is 112 cm³/mol. The highest BCUT2D eigenvalue weighted by Crippen LogP contribution is 2.34. The van der Waals surface area contributed by atoms with E-state index in [1.54, 1.807) is 0 Å². The second kappa shape index (κ2) is 11.2. The first-order valence-corrected chi connectivity index (χ1v) is 11.0. The average Bonchev–Trinajstić information content (AvgIpc) is 2.66. The lowest BCUT2D eigenvalue weighted by molar-refractivity contribution is 0.162. The molecule has 2 aliphatic carbocycles. The lowest BCUT2D eigenvalue weighted by Crippen LogP contribution is -2.37. The zero-order valence-electron chi connectivity index (χ0n) is 16.4. The molecule has 0 aliphatic heterocycles. The van der Waals surface area contributed by atoms with Crippen LogP contribution in [0.2, 0.25) is 0 Å². The Balaban J connectivity index is 1.73. The van der Waals surface area contributed by atoms with Crippen molar-refractivity contribution in [1.82, 2.24) is 4.90 Å². The van der Waals surface area contributed by atoms with Crippen molar-refractivity contribution in [2.24, 2.45) is 5.92 Å². The number of hydrogen-bond acceptors (Lipinski definition) is 1. The van der Waals surface area contributed by atoms with Crippen LogP contribution in [0.15, 0.2) is 35.4 Å². The van der Waals surface area contributed by atoms with Crippen LogP contribution < -0.4 is 0 Å². The van der Waals surface area contributed by atoms with E-state index in [0.29, 0.717) is 5.92 Å². The highest BCUT2D eigenvalue weighted by Gasteiger charge is 2.20. The van der Waals surface area contributed by atoms with Crippen molar-refractivity contribution in [3.63, 3.8) is 0 Å². The van der Waals surface area contributed by atoms with Crippen molar-refractivity contribution in [1.29, 1.82) is 0 Å². The smallest absolute Gasteiger partial charge is 0.0437 e. The third-order valence-electron chi connectivity index (χ3n) is 6.18. The van der Waals surface area contributed by atoms with Crippen molar-refractivity contribution in [2.75, 3.05) is 13.1 Å². The summed E-state index contributed by atoms with van der Waals surface area (Å²) in [7, 11) is 0. The molecular formula is C23H38ClN. The molecule has 0 radical (unpaired) electrons. The molecule has 2 aliphatic rings. The van der Waals surface area contributed by atoms with E-state index in [9.17, 15) is 0 Å². The third-order valence-corrected chi connectivity index (χ3v) is 6.53. The third kappa shape index (κ3) is 6.94. The van der Waals surface area contributed by atoms with Gasteiger partial charge in [0.05, 0.1) is 0 Å². The summed E-state index contributed by atoms with van der Waals surface area (Å²) in [4.78, 5) is 2.68. The summed E-state index contributed by atoms with van der Waals surface area (Å²) in [5.74, 6) is 0.590. The second-order valence-corrected chi connectivity index (χ2v) is 8.44. The van der Waals surface area contributed by atoms with E-state index < -0.39 is 0 Å². The van der Waals surface area contributed by atoms with Crippen molar-refractivity contribution in [3.8, 4) is 0 Å². The van der Waals surface area contributed by atoms with Crippen LogP contribution >= 0.6 is 11.6 Å². The van der Waals surface area contributed by atoms with Crippen molar-refractivity contribution in [2.45, 2.75) is 90.0 Å². The van der Waals surface area contributed by atoms with Crippen LogP contribution in [0.4, 0.5) is 0 Å². The molecule has 2 fully saturated rings. The zero-order chi connectivity index (χ0) is 18.1. The Labute approximate surface area is 161 Å². The minimum atomic E-state index is 0.590. The van der Waals surface area contributed by atoms with Gasteiger partial charge in [-0.1, -0.05) is 75.8 Å². The SMILES string of the molecule is C=C(/C=C(/Cl)C(=C)C1CCCCC1)CCCN(CC)C1CCCCC1. The van der Waals surface area contributed by atoms with E-state index in [1.165, 1.54) is 83.7 Å². The maximum absolute atomic E-state index is 6.54. The normalized spacial score (nSPS) is 20.8. The second-order valence-electron chi connectivity index (χ2n) is 8.03. The summed E-state index contributed by atoms with van der Waals surface area (Å²) >= 11 is 6.54. The molecule has 0 unspecified atom stereocenters. The summed E-state index contributed by atoms with van der Waals surface area (Å²) in [6.07, 6.45) is 17.9. The summed E-state index contributed by atoms with van der Waals surface area (Å²) in [5, 5.41) is 0.844. The first kappa shape index (κ1) is 20.8. The van der Waals surface area contributed by atoms with Gasteiger partial charge in [-0.25, -0.2) is 0 Å². The molecule has 0 bridgehead atoms. The Morgan fingerprint density at radius 2 is 1.60 bits per heavy atom. The summed E-state index contributed by atoms with van der Waals surface area (Å²) < 4.78 is 0. The number of halogens is 1. The average molecular weight is 364 g/mol. The first-order valence-electron chi connectivity index (χ1n) is 10.6. The molecule has 1 nitrogen and oxygen atoms in total. The summed E-state index contributed by atoms with van der Waals surface area (Å²) in [5.41, 5.74) is 2.29. The van der Waals surface area contributed by atoms with Gasteiger partial charge in [-0.15, -0.1) is 0 Å². The molecule has 2 saturated carbocycles. The molecule has 142 valence electrons. The van der Waals surface area contributed by atoms with Crippen molar-refractivity contribution in [3.05, 3.63) is 35.4 Å². The molecule has 0 amide bonds. The van der Waals surface area contributed by atoms with Gasteiger partial charge >= 0.3 is 0 Å². The van der Waals surface area contributed by atoms with Gasteiger partial charge in [-0.3, -0.25) is 0 Å². The molecule has 0 N–H and O–H groups in total. The lowest BCUT2D eigenvalue weighted by Gasteiger charge is -2.33. The van der Waals surface area contributed by atoms with Crippen LogP contribution in [0.1, 0.15) is 84.0 Å². The van der Waals surface area contributed by atoms with Gasteiger partial charge in [0.1, 0.15) is 0 Å². The van der Waals surface area contributed by atoms with Gasteiger partial charge in [0, 0.05) is 11.1 Å². The lowest BCUT2D eigenvalue weighted by atomic mass is 9.84. The molecule has 0 heterocycles. The maximum Gasteiger partial charge on any atom is 0.0437 e. The van der Waals surface area contributed by atoms with Crippen LogP contribution in [0.25, 0.3) is 0 Å². The predicted octanol–water partition coefficient (Wildman–Crippen LogP) is 7.24. The number of rotatable bonds is 9. The highest BCUT2D eigenvalue weighted by molar-refractivity contribution is 6.32. The van der Waals surface area contributed by atoms with E-state index in [2.05, 4.69) is 31.1 Å². The van der Waals surface area contributed by atoms with Crippen LogP contribution in [0, 0.1) is 5.92 Å². The van der Waals surface area contributed by atoms with Crippen LogP contribution in [-0.4, -0.2) is 24.0 Å². The molecule has 0 aromatic rings. The quantitative estimate of drug-likeness (QED) is 0.390. The van der Waals surface area contributed by atoms with Gasteiger partial charge in [0.25, 0.3) is 0 Å². The minimum absolute atomic E-state index is 0.590. The van der Waals surface area contributed by atoms with E-state index in [-0.39, 0.29) is 0 Å². The molecule has 0 spiro atoms. The topological polar surface area (TPSA) is 3.24 Å². The van der Waals surface area contributed by atoms with Crippen molar-refractivity contribution >= 4 is 11.6 Å². The van der Waals surface area contributed by atoms with Gasteiger partial charge in [0.2, 0.25) is 0 Å². The maximum atomic E-state index is 6.54. The zero-order valence-corrected chi connectivity index (χ0v) is 17.1. The highest BCUT2D eigenvalue weighted by atomic mass is 35.5. The van der Waals surface area contributed by atoms with Gasteiger partial charge in [-0.05, 0) is 69.2 Å². The van der Waals surface area contributed by atoms with E-state index >= 15 is 0 Å². The van der Waals surface area contributed by atoms with Crippen molar-refractivity contribution < 1.29 is 0 Å².